The van der Waals surface area contributed by atoms with Crippen LogP contribution >= 0.6 is 0 Å². The first-order chi connectivity index (χ1) is 8.83. The SMILES string of the molecule is COc1ccc(C=Cc2ccncn2)cc1C#N. The molecule has 1 aromatic heterocycles. The topological polar surface area (TPSA) is 58.8 Å². The van der Waals surface area contributed by atoms with Crippen molar-refractivity contribution in [1.82, 2.24) is 9.97 Å². The first-order valence-corrected chi connectivity index (χ1v) is 5.35. The zero-order valence-corrected chi connectivity index (χ0v) is 9.87. The maximum absolute atomic E-state index is 8.98. The standard InChI is InChI=1S/C14H11N3O/c1-18-14-5-3-11(8-12(14)9-15)2-4-13-6-7-16-10-17-13/h2-8,10H,1H3. The summed E-state index contributed by atoms with van der Waals surface area (Å²) in [6, 6.07) is 9.35. The Kier molecular flexibility index (Phi) is 3.67. The van der Waals surface area contributed by atoms with Gasteiger partial charge in [-0.25, -0.2) is 9.97 Å². The van der Waals surface area contributed by atoms with Crippen molar-refractivity contribution in [3.05, 3.63) is 53.6 Å². The molecule has 0 amide bonds. The number of aromatic nitrogens is 2. The van der Waals surface area contributed by atoms with Gasteiger partial charge in [0, 0.05) is 6.20 Å². The lowest BCUT2D eigenvalue weighted by Crippen LogP contribution is -1.88. The number of methoxy groups -OCH3 is 1. The van der Waals surface area contributed by atoms with Gasteiger partial charge in [0.25, 0.3) is 0 Å². The van der Waals surface area contributed by atoms with Gasteiger partial charge in [0.05, 0.1) is 18.4 Å². The van der Waals surface area contributed by atoms with Crippen molar-refractivity contribution in [3.63, 3.8) is 0 Å². The zero-order chi connectivity index (χ0) is 12.8. The third-order valence-corrected chi connectivity index (χ3v) is 2.40. The highest BCUT2D eigenvalue weighted by molar-refractivity contribution is 5.69. The minimum Gasteiger partial charge on any atom is -0.495 e. The van der Waals surface area contributed by atoms with Gasteiger partial charge in [-0.1, -0.05) is 12.1 Å². The van der Waals surface area contributed by atoms with Gasteiger partial charge in [-0.2, -0.15) is 5.26 Å². The number of nitriles is 1. The molecular weight excluding hydrogens is 226 g/mol. The molecule has 0 bridgehead atoms. The van der Waals surface area contributed by atoms with Gasteiger partial charge in [-0.05, 0) is 29.8 Å². The first kappa shape index (κ1) is 11.8. The minimum atomic E-state index is 0.516. The van der Waals surface area contributed by atoms with Crippen LogP contribution in [0.5, 0.6) is 5.75 Å². The highest BCUT2D eigenvalue weighted by Gasteiger charge is 2.01. The number of ether oxygens (including phenoxy) is 1. The van der Waals surface area contributed by atoms with Crippen LogP contribution in [-0.2, 0) is 0 Å². The Morgan fingerprint density at radius 3 is 2.83 bits per heavy atom. The summed E-state index contributed by atoms with van der Waals surface area (Å²) in [5.41, 5.74) is 2.26. The molecule has 4 heteroatoms. The average Bonchev–Trinajstić information content (AvgIpc) is 2.45. The summed E-state index contributed by atoms with van der Waals surface area (Å²) < 4.78 is 5.09. The van der Waals surface area contributed by atoms with Crippen LogP contribution in [-0.4, -0.2) is 17.1 Å². The van der Waals surface area contributed by atoms with Crippen molar-refractivity contribution >= 4 is 12.2 Å². The Bertz CT molecular complexity index is 600. The van der Waals surface area contributed by atoms with Crippen molar-refractivity contribution in [3.8, 4) is 11.8 Å². The maximum Gasteiger partial charge on any atom is 0.136 e. The molecule has 4 nitrogen and oxygen atoms in total. The van der Waals surface area contributed by atoms with E-state index >= 15 is 0 Å². The van der Waals surface area contributed by atoms with E-state index in [2.05, 4.69) is 16.0 Å². The second-order valence-corrected chi connectivity index (χ2v) is 3.54. The van der Waals surface area contributed by atoms with Gasteiger partial charge in [0.1, 0.15) is 18.1 Å². The Labute approximate surface area is 105 Å². The van der Waals surface area contributed by atoms with Gasteiger partial charge in [-0.15, -0.1) is 0 Å². The monoisotopic (exact) mass is 237 g/mol. The molecule has 18 heavy (non-hydrogen) atoms. The first-order valence-electron chi connectivity index (χ1n) is 5.35. The van der Waals surface area contributed by atoms with E-state index in [1.807, 2.05) is 24.3 Å². The summed E-state index contributed by atoms with van der Waals surface area (Å²) in [6.07, 6.45) is 6.93. The van der Waals surface area contributed by atoms with Crippen molar-refractivity contribution < 1.29 is 4.74 Å². The van der Waals surface area contributed by atoms with Crippen LogP contribution in [0.1, 0.15) is 16.8 Å². The molecule has 0 saturated carbocycles. The van der Waals surface area contributed by atoms with E-state index in [-0.39, 0.29) is 0 Å². The second-order valence-electron chi connectivity index (χ2n) is 3.54. The van der Waals surface area contributed by atoms with Crippen LogP contribution in [0.25, 0.3) is 12.2 Å². The fraction of sp³-hybridized carbons (Fsp3) is 0.0714. The average molecular weight is 237 g/mol. The van der Waals surface area contributed by atoms with Crippen LogP contribution in [0.15, 0.2) is 36.8 Å². The third kappa shape index (κ3) is 2.71. The van der Waals surface area contributed by atoms with Crippen LogP contribution in [0.2, 0.25) is 0 Å². The Balaban J connectivity index is 2.26. The Hall–Kier alpha value is -2.67. The van der Waals surface area contributed by atoms with Gasteiger partial charge < -0.3 is 4.74 Å². The molecule has 1 heterocycles. The molecule has 2 rings (SSSR count). The van der Waals surface area contributed by atoms with E-state index in [4.69, 9.17) is 10.00 Å². The smallest absolute Gasteiger partial charge is 0.136 e. The molecule has 1 aromatic carbocycles. The molecule has 0 unspecified atom stereocenters. The fourth-order valence-corrected chi connectivity index (χ4v) is 1.50. The molecule has 2 aromatic rings. The molecule has 0 aliphatic heterocycles. The molecule has 0 N–H and O–H groups in total. The Morgan fingerprint density at radius 2 is 2.17 bits per heavy atom. The summed E-state index contributed by atoms with van der Waals surface area (Å²) in [4.78, 5) is 7.93. The van der Waals surface area contributed by atoms with Crippen LogP contribution < -0.4 is 4.74 Å². The summed E-state index contributed by atoms with van der Waals surface area (Å²) in [7, 11) is 1.55. The normalized spacial score (nSPS) is 10.2. The summed E-state index contributed by atoms with van der Waals surface area (Å²) in [6.45, 7) is 0. The third-order valence-electron chi connectivity index (χ3n) is 2.40. The summed E-state index contributed by atoms with van der Waals surface area (Å²) in [5.74, 6) is 0.580. The predicted octanol–water partition coefficient (Wildman–Crippen LogP) is 2.53. The van der Waals surface area contributed by atoms with E-state index in [1.165, 1.54) is 6.33 Å². The quantitative estimate of drug-likeness (QED) is 0.823. The van der Waals surface area contributed by atoms with Gasteiger partial charge in [-0.3, -0.25) is 0 Å². The van der Waals surface area contributed by atoms with E-state index in [0.29, 0.717) is 11.3 Å². The molecule has 0 saturated heterocycles. The number of benzene rings is 1. The lowest BCUT2D eigenvalue weighted by atomic mass is 10.1. The van der Waals surface area contributed by atoms with Crippen molar-refractivity contribution in [2.24, 2.45) is 0 Å². The van der Waals surface area contributed by atoms with Crippen LogP contribution in [0.4, 0.5) is 0 Å². The number of rotatable bonds is 3. The molecule has 0 radical (unpaired) electrons. The lowest BCUT2D eigenvalue weighted by Gasteiger charge is -2.02. The van der Waals surface area contributed by atoms with Crippen molar-refractivity contribution in [2.45, 2.75) is 0 Å². The number of hydrogen-bond donors (Lipinski definition) is 0. The van der Waals surface area contributed by atoms with Gasteiger partial charge in [0.15, 0.2) is 0 Å². The number of hydrogen-bond acceptors (Lipinski definition) is 4. The molecule has 0 aliphatic rings. The largest absolute Gasteiger partial charge is 0.495 e. The second kappa shape index (κ2) is 5.60. The summed E-state index contributed by atoms with van der Waals surface area (Å²) in [5, 5.41) is 8.98. The molecule has 0 aliphatic carbocycles. The molecule has 0 atom stereocenters. The van der Waals surface area contributed by atoms with E-state index in [0.717, 1.165) is 11.3 Å². The molecular formula is C14H11N3O. The Morgan fingerprint density at radius 1 is 1.28 bits per heavy atom. The lowest BCUT2D eigenvalue weighted by molar-refractivity contribution is 0.413. The van der Waals surface area contributed by atoms with Crippen LogP contribution in [0.3, 0.4) is 0 Å². The highest BCUT2D eigenvalue weighted by atomic mass is 16.5. The fourth-order valence-electron chi connectivity index (χ4n) is 1.50. The highest BCUT2D eigenvalue weighted by Crippen LogP contribution is 2.19. The minimum absolute atomic E-state index is 0.516. The van der Waals surface area contributed by atoms with E-state index in [9.17, 15) is 0 Å². The predicted molar refractivity (Wildman–Crippen MR) is 68.7 cm³/mol. The molecule has 0 spiro atoms. The molecule has 0 fully saturated rings. The van der Waals surface area contributed by atoms with Crippen LogP contribution in [0, 0.1) is 11.3 Å². The van der Waals surface area contributed by atoms with E-state index in [1.54, 1.807) is 25.4 Å². The molecule has 88 valence electrons. The van der Waals surface area contributed by atoms with Crippen molar-refractivity contribution in [2.75, 3.05) is 7.11 Å². The van der Waals surface area contributed by atoms with Gasteiger partial charge >= 0.3 is 0 Å². The van der Waals surface area contributed by atoms with Crippen molar-refractivity contribution in [1.29, 1.82) is 5.26 Å². The number of nitrogens with zero attached hydrogens (tertiary/aromatic N) is 3. The van der Waals surface area contributed by atoms with Gasteiger partial charge in [0.2, 0.25) is 0 Å². The maximum atomic E-state index is 8.98. The van der Waals surface area contributed by atoms with E-state index < -0.39 is 0 Å². The summed E-state index contributed by atoms with van der Waals surface area (Å²) >= 11 is 0. The zero-order valence-electron chi connectivity index (χ0n) is 9.87.